The topological polar surface area (TPSA) is 110 Å². The number of halogens is 2. The Kier molecular flexibility index (Phi) is 6.36. The van der Waals surface area contributed by atoms with Crippen molar-refractivity contribution in [3.05, 3.63) is 56.7 Å². The Morgan fingerprint density at radius 1 is 1.34 bits per heavy atom. The molecule has 1 aromatic heterocycles. The lowest BCUT2D eigenvalue weighted by Crippen LogP contribution is -2.43. The zero-order valence-corrected chi connectivity index (χ0v) is 17.4. The van der Waals surface area contributed by atoms with Crippen molar-refractivity contribution in [2.24, 2.45) is 5.92 Å². The van der Waals surface area contributed by atoms with Crippen LogP contribution >= 0.6 is 23.2 Å². The number of nitrogen functional groups attached to an aromatic ring is 1. The molecule has 0 radical (unpaired) electrons. The van der Waals surface area contributed by atoms with Crippen molar-refractivity contribution >= 4 is 40.6 Å². The fraction of sp³-hybridized carbons (Fsp3) is 0.421. The minimum Gasteiger partial charge on any atom is -0.385 e. The average Bonchev–Trinajstić information content (AvgIpc) is 3.32. The van der Waals surface area contributed by atoms with Gasteiger partial charge in [0, 0.05) is 20.3 Å². The minimum atomic E-state index is -1.16. The summed E-state index contributed by atoms with van der Waals surface area (Å²) in [6, 6.07) is 9.18. The van der Waals surface area contributed by atoms with Gasteiger partial charge in [0.25, 0.3) is 5.56 Å². The van der Waals surface area contributed by atoms with E-state index in [9.17, 15) is 14.4 Å². The lowest BCUT2D eigenvalue weighted by Gasteiger charge is -2.25. The van der Waals surface area contributed by atoms with Crippen LogP contribution in [0.3, 0.4) is 0 Å². The monoisotopic (exact) mass is 440 g/mol. The van der Waals surface area contributed by atoms with E-state index in [2.05, 4.69) is 4.98 Å². The van der Waals surface area contributed by atoms with Crippen LogP contribution < -0.4 is 21.9 Å². The number of aromatic nitrogens is 2. The number of H-pyrrole nitrogens is 1. The highest BCUT2D eigenvalue weighted by atomic mass is 35.5. The van der Waals surface area contributed by atoms with Gasteiger partial charge in [0.1, 0.15) is 10.2 Å². The second kappa shape index (κ2) is 8.61. The standard InChI is InChI=1S/C19H22Cl2N4O4/c1-29-9-5-8-24(17(27)13-10-19(13,20)21)14-15(22)25(18(28)23-16(14)26)11-12-6-3-2-4-7-12/h2-4,6-7,13H,5,8-11,22H2,1H3,(H,23,26,28). The summed E-state index contributed by atoms with van der Waals surface area (Å²) in [7, 11) is 1.54. The van der Waals surface area contributed by atoms with Crippen LogP contribution in [0.1, 0.15) is 18.4 Å². The van der Waals surface area contributed by atoms with Crippen molar-refractivity contribution in [3.8, 4) is 0 Å². The SMILES string of the molecule is COCCCN(C(=O)C1CC1(Cl)Cl)c1c(N)n(Cc2ccccc2)c(=O)[nH]c1=O. The summed E-state index contributed by atoms with van der Waals surface area (Å²) in [5.41, 5.74) is 5.56. The van der Waals surface area contributed by atoms with Gasteiger partial charge in [0.15, 0.2) is 5.69 Å². The normalized spacial score (nSPS) is 17.1. The van der Waals surface area contributed by atoms with Gasteiger partial charge in [-0.1, -0.05) is 30.3 Å². The molecular weight excluding hydrogens is 419 g/mol. The van der Waals surface area contributed by atoms with E-state index in [1.807, 2.05) is 30.3 Å². The van der Waals surface area contributed by atoms with Gasteiger partial charge in [0.2, 0.25) is 5.91 Å². The first-order valence-corrected chi connectivity index (χ1v) is 9.86. The Hall–Kier alpha value is -2.29. The molecule has 1 fully saturated rings. The molecule has 1 amide bonds. The Bertz CT molecular complexity index is 1000. The predicted octanol–water partition coefficient (Wildman–Crippen LogP) is 1.73. The van der Waals surface area contributed by atoms with Gasteiger partial charge in [-0.3, -0.25) is 19.1 Å². The number of carbonyl (C=O) groups is 1. The van der Waals surface area contributed by atoms with E-state index in [0.717, 1.165) is 5.56 Å². The maximum atomic E-state index is 13.0. The average molecular weight is 441 g/mol. The molecule has 1 atom stereocenters. The molecule has 156 valence electrons. The quantitative estimate of drug-likeness (QED) is 0.479. The lowest BCUT2D eigenvalue weighted by atomic mass is 10.2. The maximum Gasteiger partial charge on any atom is 0.330 e. The first kappa shape index (κ1) is 21.4. The number of nitrogens with one attached hydrogen (secondary N) is 1. The Morgan fingerprint density at radius 2 is 2.00 bits per heavy atom. The highest BCUT2D eigenvalue weighted by molar-refractivity contribution is 6.52. The van der Waals surface area contributed by atoms with Crippen LogP contribution in [-0.2, 0) is 16.1 Å². The van der Waals surface area contributed by atoms with Crippen molar-refractivity contribution < 1.29 is 9.53 Å². The molecule has 2 aromatic rings. The number of nitrogens with zero attached hydrogens (tertiary/aromatic N) is 2. The Morgan fingerprint density at radius 3 is 2.59 bits per heavy atom. The molecule has 3 N–H and O–H groups in total. The van der Waals surface area contributed by atoms with E-state index in [1.165, 1.54) is 16.6 Å². The first-order valence-electron chi connectivity index (χ1n) is 9.11. The number of amides is 1. The van der Waals surface area contributed by atoms with Crippen LogP contribution in [0.2, 0.25) is 0 Å². The Labute approximate surface area is 177 Å². The third-order valence-corrected chi connectivity index (χ3v) is 5.62. The Balaban J connectivity index is 2.02. The molecule has 29 heavy (non-hydrogen) atoms. The molecule has 10 heteroatoms. The van der Waals surface area contributed by atoms with Crippen LogP contribution in [0.25, 0.3) is 0 Å². The summed E-state index contributed by atoms with van der Waals surface area (Å²) in [5, 5.41) is 0. The summed E-state index contributed by atoms with van der Waals surface area (Å²) >= 11 is 12.1. The summed E-state index contributed by atoms with van der Waals surface area (Å²) in [4.78, 5) is 41.5. The number of rotatable bonds is 8. The van der Waals surface area contributed by atoms with Gasteiger partial charge >= 0.3 is 5.69 Å². The number of alkyl halides is 2. The zero-order valence-electron chi connectivity index (χ0n) is 15.9. The number of hydrogen-bond donors (Lipinski definition) is 2. The molecule has 0 saturated heterocycles. The third kappa shape index (κ3) is 4.66. The van der Waals surface area contributed by atoms with Crippen LogP contribution in [0.5, 0.6) is 0 Å². The summed E-state index contributed by atoms with van der Waals surface area (Å²) in [5.74, 6) is -1.14. The van der Waals surface area contributed by atoms with Gasteiger partial charge in [-0.2, -0.15) is 0 Å². The number of hydrogen-bond acceptors (Lipinski definition) is 5. The molecular formula is C19H22Cl2N4O4. The predicted molar refractivity (Wildman–Crippen MR) is 113 cm³/mol. The summed E-state index contributed by atoms with van der Waals surface area (Å²) in [6.07, 6.45) is 0.750. The zero-order chi connectivity index (χ0) is 21.2. The van der Waals surface area contributed by atoms with Gasteiger partial charge < -0.3 is 15.4 Å². The van der Waals surface area contributed by atoms with Crippen LogP contribution in [0.15, 0.2) is 39.9 Å². The molecule has 0 aliphatic heterocycles. The number of aromatic amines is 1. The summed E-state index contributed by atoms with van der Waals surface area (Å²) in [6.45, 7) is 0.695. The van der Waals surface area contributed by atoms with Gasteiger partial charge in [0.05, 0.1) is 12.5 Å². The molecule has 3 rings (SSSR count). The number of benzene rings is 1. The lowest BCUT2D eigenvalue weighted by molar-refractivity contribution is -0.119. The van der Waals surface area contributed by atoms with Gasteiger partial charge in [-0.05, 0) is 18.4 Å². The van der Waals surface area contributed by atoms with Crippen molar-refractivity contribution in [2.45, 2.75) is 23.7 Å². The van der Waals surface area contributed by atoms with E-state index in [-0.39, 0.29) is 31.0 Å². The van der Waals surface area contributed by atoms with Crippen LogP contribution in [-0.4, -0.2) is 40.1 Å². The van der Waals surface area contributed by atoms with Crippen LogP contribution in [0, 0.1) is 5.92 Å². The minimum absolute atomic E-state index is 0.0855. The maximum absolute atomic E-state index is 13.0. The highest BCUT2D eigenvalue weighted by Gasteiger charge is 2.57. The first-order chi connectivity index (χ1) is 13.8. The molecule has 1 saturated carbocycles. The smallest absolute Gasteiger partial charge is 0.330 e. The van der Waals surface area contributed by atoms with Gasteiger partial charge in [-0.15, -0.1) is 23.2 Å². The van der Waals surface area contributed by atoms with Crippen molar-refractivity contribution in [1.29, 1.82) is 0 Å². The summed E-state index contributed by atoms with van der Waals surface area (Å²) < 4.78 is 5.11. The van der Waals surface area contributed by atoms with E-state index < -0.39 is 27.4 Å². The fourth-order valence-electron chi connectivity index (χ4n) is 3.13. The number of carbonyl (C=O) groups excluding carboxylic acids is 1. The van der Waals surface area contributed by atoms with Crippen molar-refractivity contribution in [3.63, 3.8) is 0 Å². The second-order valence-corrected chi connectivity index (χ2v) is 8.46. The molecule has 0 bridgehead atoms. The number of methoxy groups -OCH3 is 1. The molecule has 1 aliphatic rings. The third-order valence-electron chi connectivity index (χ3n) is 4.79. The van der Waals surface area contributed by atoms with E-state index in [0.29, 0.717) is 13.0 Å². The van der Waals surface area contributed by atoms with Crippen molar-refractivity contribution in [1.82, 2.24) is 9.55 Å². The number of ether oxygens (including phenoxy) is 1. The second-order valence-electron chi connectivity index (χ2n) is 6.92. The highest BCUT2D eigenvalue weighted by Crippen LogP contribution is 2.54. The molecule has 1 aliphatic carbocycles. The molecule has 1 unspecified atom stereocenters. The van der Waals surface area contributed by atoms with E-state index in [1.54, 1.807) is 0 Å². The molecule has 1 heterocycles. The molecule has 1 aromatic carbocycles. The number of nitrogens with two attached hydrogens (primary N) is 1. The van der Waals surface area contributed by atoms with Gasteiger partial charge in [-0.25, -0.2) is 4.79 Å². The number of anilines is 2. The largest absolute Gasteiger partial charge is 0.385 e. The van der Waals surface area contributed by atoms with E-state index >= 15 is 0 Å². The van der Waals surface area contributed by atoms with Crippen LogP contribution in [0.4, 0.5) is 11.5 Å². The van der Waals surface area contributed by atoms with E-state index in [4.69, 9.17) is 33.7 Å². The molecule has 8 nitrogen and oxygen atoms in total. The fourth-order valence-corrected chi connectivity index (χ4v) is 3.62. The van der Waals surface area contributed by atoms with Crippen molar-refractivity contribution in [2.75, 3.05) is 30.9 Å². The molecule has 0 spiro atoms.